The lowest BCUT2D eigenvalue weighted by Gasteiger charge is -2.17. The van der Waals surface area contributed by atoms with Crippen LogP contribution >= 0.6 is 8.58 Å². The molecule has 26 heavy (non-hydrogen) atoms. The zero-order chi connectivity index (χ0) is 18.4. The monoisotopic (exact) mass is 366 g/mol. The largest absolute Gasteiger partial charge is 0.493 e. The molecule has 0 aromatic heterocycles. The summed E-state index contributed by atoms with van der Waals surface area (Å²) in [6.45, 7) is 2.28. The lowest BCUT2D eigenvalue weighted by molar-refractivity contribution is 0.200. The van der Waals surface area contributed by atoms with Gasteiger partial charge in [-0.25, -0.2) is 0 Å². The highest BCUT2D eigenvalue weighted by molar-refractivity contribution is 7.55. The van der Waals surface area contributed by atoms with Gasteiger partial charge in [-0.15, -0.1) is 0 Å². The van der Waals surface area contributed by atoms with E-state index in [4.69, 9.17) is 9.47 Å². The van der Waals surface area contributed by atoms with Crippen LogP contribution in [0.5, 0.6) is 11.5 Å². The van der Waals surface area contributed by atoms with Gasteiger partial charge in [0.25, 0.3) is 0 Å². The molecule has 2 unspecified atom stereocenters. The van der Waals surface area contributed by atoms with Crippen molar-refractivity contribution in [2.45, 2.75) is 19.6 Å². The molecular formula is C22H23O3P. The minimum absolute atomic E-state index is 0.369. The van der Waals surface area contributed by atoms with Crippen molar-refractivity contribution in [1.29, 1.82) is 0 Å². The normalized spacial score (nSPS) is 12.3. The van der Waals surface area contributed by atoms with E-state index in [-0.39, 0.29) is 0 Å². The van der Waals surface area contributed by atoms with Crippen LogP contribution < -0.4 is 20.1 Å². The Morgan fingerprint density at radius 1 is 0.885 bits per heavy atom. The minimum Gasteiger partial charge on any atom is -0.493 e. The Kier molecular flexibility index (Phi) is 6.27. The molecule has 0 amide bonds. The molecule has 2 atom stereocenters. The molecule has 4 heteroatoms. The summed E-state index contributed by atoms with van der Waals surface area (Å²) in [4.78, 5) is 0. The number of hydrogen-bond acceptors (Lipinski definition) is 3. The lowest BCUT2D eigenvalue weighted by Crippen LogP contribution is -2.14. The van der Waals surface area contributed by atoms with Crippen LogP contribution in [0.25, 0.3) is 0 Å². The van der Waals surface area contributed by atoms with Gasteiger partial charge in [-0.3, -0.25) is 0 Å². The van der Waals surface area contributed by atoms with Gasteiger partial charge < -0.3 is 14.6 Å². The number of para-hydroxylation sites is 1. The van der Waals surface area contributed by atoms with Gasteiger partial charge in [0.05, 0.1) is 13.2 Å². The van der Waals surface area contributed by atoms with Crippen LogP contribution in [-0.4, -0.2) is 12.2 Å². The maximum atomic E-state index is 10.1. The predicted molar refractivity (Wildman–Crippen MR) is 108 cm³/mol. The number of methoxy groups -OCH3 is 1. The third kappa shape index (κ3) is 4.43. The smallest absolute Gasteiger partial charge is 0.169 e. The van der Waals surface area contributed by atoms with Gasteiger partial charge in [-0.1, -0.05) is 75.3 Å². The number of aliphatic hydroxyl groups is 1. The highest BCUT2D eigenvalue weighted by atomic mass is 31.1. The van der Waals surface area contributed by atoms with Gasteiger partial charge in [0.15, 0.2) is 11.5 Å². The van der Waals surface area contributed by atoms with Crippen molar-refractivity contribution in [3.63, 3.8) is 0 Å². The average molecular weight is 366 g/mol. The highest BCUT2D eigenvalue weighted by Gasteiger charge is 2.14. The molecule has 0 aliphatic carbocycles. The van der Waals surface area contributed by atoms with E-state index in [1.54, 1.807) is 14.0 Å². The van der Waals surface area contributed by atoms with Crippen LogP contribution in [-0.2, 0) is 6.61 Å². The second-order valence-electron chi connectivity index (χ2n) is 6.00. The van der Waals surface area contributed by atoms with Gasteiger partial charge in [0, 0.05) is 5.30 Å². The Balaban J connectivity index is 1.90. The van der Waals surface area contributed by atoms with Gasteiger partial charge in [0.1, 0.15) is 6.61 Å². The fourth-order valence-corrected chi connectivity index (χ4v) is 4.17. The summed E-state index contributed by atoms with van der Waals surface area (Å²) in [5.41, 5.74) is 2.06. The van der Waals surface area contributed by atoms with Crippen molar-refractivity contribution < 1.29 is 14.6 Å². The van der Waals surface area contributed by atoms with E-state index in [0.29, 0.717) is 15.2 Å². The second kappa shape index (κ2) is 8.84. The molecular weight excluding hydrogens is 343 g/mol. The second-order valence-corrected chi connectivity index (χ2v) is 7.33. The predicted octanol–water partition coefficient (Wildman–Crippen LogP) is 3.96. The molecule has 3 nitrogen and oxygen atoms in total. The topological polar surface area (TPSA) is 38.7 Å². The molecule has 3 aromatic carbocycles. The molecule has 0 fully saturated rings. The Morgan fingerprint density at radius 2 is 1.58 bits per heavy atom. The quantitative estimate of drug-likeness (QED) is 0.644. The standard InChI is InChI=1S/C22H23O3P/c1-16(23)18-11-6-7-13-20(18)26-21-14-8-12-19(24-2)22(21)25-15-17-9-4-3-5-10-17/h3-14,16,23,26H,15H2,1-2H3. The van der Waals surface area contributed by atoms with Crippen molar-refractivity contribution in [3.05, 3.63) is 83.9 Å². The van der Waals surface area contributed by atoms with Crippen LogP contribution in [0.1, 0.15) is 24.2 Å². The maximum Gasteiger partial charge on any atom is 0.169 e. The summed E-state index contributed by atoms with van der Waals surface area (Å²) in [5.74, 6) is 1.48. The third-order valence-electron chi connectivity index (χ3n) is 4.11. The Morgan fingerprint density at radius 3 is 2.31 bits per heavy atom. The molecule has 0 aliphatic heterocycles. The van der Waals surface area contributed by atoms with E-state index in [9.17, 15) is 5.11 Å². The first kappa shape index (κ1) is 18.4. The molecule has 134 valence electrons. The first-order valence-electron chi connectivity index (χ1n) is 8.57. The molecule has 0 saturated carbocycles. The number of benzene rings is 3. The molecule has 0 bridgehead atoms. The van der Waals surface area contributed by atoms with E-state index in [0.717, 1.165) is 33.2 Å². The van der Waals surface area contributed by atoms with Gasteiger partial charge in [-0.2, -0.15) is 0 Å². The van der Waals surface area contributed by atoms with Crippen molar-refractivity contribution in [1.82, 2.24) is 0 Å². The molecule has 0 spiro atoms. The fourth-order valence-electron chi connectivity index (χ4n) is 2.77. The van der Waals surface area contributed by atoms with E-state index in [2.05, 4.69) is 12.1 Å². The number of rotatable bonds is 7. The zero-order valence-electron chi connectivity index (χ0n) is 15.0. The molecule has 0 radical (unpaired) electrons. The van der Waals surface area contributed by atoms with Crippen molar-refractivity contribution in [2.75, 3.05) is 7.11 Å². The number of aliphatic hydroxyl groups excluding tert-OH is 1. The Labute approximate surface area is 156 Å². The summed E-state index contributed by atoms with van der Waals surface area (Å²) in [6, 6.07) is 24.0. The van der Waals surface area contributed by atoms with Crippen LogP contribution in [0.4, 0.5) is 0 Å². The van der Waals surface area contributed by atoms with Crippen molar-refractivity contribution in [3.8, 4) is 11.5 Å². The molecule has 3 aromatic rings. The van der Waals surface area contributed by atoms with Gasteiger partial charge >= 0.3 is 0 Å². The summed E-state index contributed by atoms with van der Waals surface area (Å²) in [7, 11) is 2.02. The number of ether oxygens (including phenoxy) is 2. The van der Waals surface area contributed by atoms with Crippen LogP contribution in [0.3, 0.4) is 0 Å². The van der Waals surface area contributed by atoms with E-state index < -0.39 is 6.10 Å². The average Bonchev–Trinajstić information content (AvgIpc) is 2.68. The van der Waals surface area contributed by atoms with Crippen LogP contribution in [0, 0.1) is 0 Å². The first-order valence-corrected chi connectivity index (χ1v) is 9.57. The van der Waals surface area contributed by atoms with E-state index in [1.807, 2.05) is 60.7 Å². The summed E-state index contributed by atoms with van der Waals surface area (Å²) >= 11 is 0. The van der Waals surface area contributed by atoms with Crippen LogP contribution in [0.15, 0.2) is 72.8 Å². The lowest BCUT2D eigenvalue weighted by atomic mass is 10.1. The Hall–Kier alpha value is -2.35. The van der Waals surface area contributed by atoms with E-state index in [1.165, 1.54) is 0 Å². The van der Waals surface area contributed by atoms with Crippen molar-refractivity contribution >= 4 is 19.2 Å². The molecule has 3 rings (SSSR count). The zero-order valence-corrected chi connectivity index (χ0v) is 16.0. The minimum atomic E-state index is -0.502. The fraction of sp³-hybridized carbons (Fsp3) is 0.182. The molecule has 1 N–H and O–H groups in total. The maximum absolute atomic E-state index is 10.1. The molecule has 0 saturated heterocycles. The van der Waals surface area contributed by atoms with Gasteiger partial charge in [-0.05, 0) is 29.4 Å². The van der Waals surface area contributed by atoms with Crippen molar-refractivity contribution in [2.24, 2.45) is 0 Å². The number of hydrogen-bond donors (Lipinski definition) is 1. The SMILES string of the molecule is COc1cccc(Pc2ccccc2C(C)O)c1OCc1ccccc1. The van der Waals surface area contributed by atoms with E-state index >= 15 is 0 Å². The molecule has 0 heterocycles. The highest BCUT2D eigenvalue weighted by Crippen LogP contribution is 2.31. The Bertz CT molecular complexity index is 847. The summed E-state index contributed by atoms with van der Waals surface area (Å²) in [6.07, 6.45) is -0.502. The van der Waals surface area contributed by atoms with Gasteiger partial charge in [0.2, 0.25) is 0 Å². The van der Waals surface area contributed by atoms with Crippen LogP contribution in [0.2, 0.25) is 0 Å². The third-order valence-corrected chi connectivity index (χ3v) is 5.49. The summed E-state index contributed by atoms with van der Waals surface area (Å²) < 4.78 is 11.7. The first-order chi connectivity index (χ1) is 12.7. The molecule has 0 aliphatic rings. The summed E-state index contributed by atoms with van der Waals surface area (Å²) in [5, 5.41) is 12.2.